The van der Waals surface area contributed by atoms with Crippen LogP contribution in [0.15, 0.2) is 15.8 Å². The van der Waals surface area contributed by atoms with E-state index in [-0.39, 0.29) is 23.4 Å². The molecule has 6 nitrogen and oxygen atoms in total. The van der Waals surface area contributed by atoms with Crippen LogP contribution in [0.25, 0.3) is 0 Å². The van der Waals surface area contributed by atoms with Gasteiger partial charge in [-0.3, -0.25) is 9.36 Å². The van der Waals surface area contributed by atoms with Gasteiger partial charge in [-0.25, -0.2) is 4.79 Å². The number of hydrogen-bond acceptors (Lipinski definition) is 4. The number of aryl methyl sites for hydroxylation is 1. The molecule has 0 aliphatic carbocycles. The number of nitrogens with one attached hydrogen (secondary N) is 1. The fourth-order valence-electron chi connectivity index (χ4n) is 2.40. The molecule has 2 heterocycles. The maximum Gasteiger partial charge on any atom is 0.330 e. The molecule has 2 rings (SSSR count). The van der Waals surface area contributed by atoms with Crippen molar-refractivity contribution in [2.24, 2.45) is 14.1 Å². The highest BCUT2D eigenvalue weighted by molar-refractivity contribution is 5.05. The lowest BCUT2D eigenvalue weighted by Gasteiger charge is -2.20. The molecule has 2 atom stereocenters. The highest BCUT2D eigenvalue weighted by Crippen LogP contribution is 2.15. The summed E-state index contributed by atoms with van der Waals surface area (Å²) in [6.45, 7) is 3.32. The summed E-state index contributed by atoms with van der Waals surface area (Å²) >= 11 is 0. The molecule has 1 aromatic rings. The molecule has 0 saturated carbocycles. The van der Waals surface area contributed by atoms with Crippen LogP contribution in [0.4, 0.5) is 0 Å². The molecule has 1 saturated heterocycles. The van der Waals surface area contributed by atoms with Gasteiger partial charge < -0.3 is 14.6 Å². The van der Waals surface area contributed by atoms with E-state index in [4.69, 9.17) is 4.74 Å². The van der Waals surface area contributed by atoms with Gasteiger partial charge in [-0.05, 0) is 19.8 Å². The van der Waals surface area contributed by atoms with Gasteiger partial charge in [-0.15, -0.1) is 0 Å². The molecule has 106 valence electrons. The number of ether oxygens (including phenoxy) is 1. The number of nitrogens with zero attached hydrogens (tertiary/aromatic N) is 2. The van der Waals surface area contributed by atoms with Crippen LogP contribution in [-0.2, 0) is 25.4 Å². The zero-order chi connectivity index (χ0) is 14.0. The van der Waals surface area contributed by atoms with E-state index in [0.717, 1.165) is 24.0 Å². The largest absolute Gasteiger partial charge is 0.377 e. The second-order valence-electron chi connectivity index (χ2n) is 5.13. The molecule has 1 aromatic heterocycles. The highest BCUT2D eigenvalue weighted by Gasteiger charge is 2.22. The molecule has 1 aliphatic rings. The van der Waals surface area contributed by atoms with E-state index >= 15 is 0 Å². The average molecular weight is 267 g/mol. The SMILES string of the molecule is CC(NCc1cn(C)c(=O)n(C)c1=O)C1CCCO1. The third-order valence-electron chi connectivity index (χ3n) is 3.65. The Bertz CT molecular complexity index is 555. The zero-order valence-electron chi connectivity index (χ0n) is 11.7. The molecule has 1 N–H and O–H groups in total. The molecule has 0 spiro atoms. The average Bonchev–Trinajstić information content (AvgIpc) is 2.92. The minimum atomic E-state index is -0.305. The van der Waals surface area contributed by atoms with Crippen LogP contribution < -0.4 is 16.6 Å². The number of rotatable bonds is 4. The summed E-state index contributed by atoms with van der Waals surface area (Å²) in [5, 5.41) is 3.30. The normalized spacial score (nSPS) is 20.7. The van der Waals surface area contributed by atoms with E-state index in [1.807, 2.05) is 0 Å². The Kier molecular flexibility index (Phi) is 4.21. The summed E-state index contributed by atoms with van der Waals surface area (Å²) < 4.78 is 8.16. The van der Waals surface area contributed by atoms with Crippen LogP contribution in [0.3, 0.4) is 0 Å². The predicted octanol–water partition coefficient (Wildman–Crippen LogP) is -0.259. The molecule has 1 fully saturated rings. The minimum Gasteiger partial charge on any atom is -0.377 e. The Balaban J connectivity index is 2.07. The molecule has 6 heteroatoms. The van der Waals surface area contributed by atoms with Crippen molar-refractivity contribution < 1.29 is 4.74 Å². The van der Waals surface area contributed by atoms with Crippen LogP contribution in [-0.4, -0.2) is 27.9 Å². The molecule has 0 amide bonds. The lowest BCUT2D eigenvalue weighted by atomic mass is 10.1. The summed E-state index contributed by atoms with van der Waals surface area (Å²) in [5.41, 5.74) is 0.0468. The van der Waals surface area contributed by atoms with Gasteiger partial charge in [0.1, 0.15) is 0 Å². The quantitative estimate of drug-likeness (QED) is 0.816. The molecular weight excluding hydrogens is 246 g/mol. The van der Waals surface area contributed by atoms with Gasteiger partial charge in [0, 0.05) is 45.0 Å². The van der Waals surface area contributed by atoms with E-state index in [1.165, 1.54) is 11.6 Å². The third-order valence-corrected chi connectivity index (χ3v) is 3.65. The maximum absolute atomic E-state index is 12.0. The van der Waals surface area contributed by atoms with Crippen LogP contribution in [0, 0.1) is 0 Å². The van der Waals surface area contributed by atoms with Crippen LogP contribution in [0.2, 0.25) is 0 Å². The Morgan fingerprint density at radius 2 is 2.21 bits per heavy atom. The minimum absolute atomic E-state index is 0.199. The van der Waals surface area contributed by atoms with Gasteiger partial charge in [0.15, 0.2) is 0 Å². The molecule has 0 aromatic carbocycles. The fourth-order valence-corrected chi connectivity index (χ4v) is 2.40. The second-order valence-corrected chi connectivity index (χ2v) is 5.13. The lowest BCUT2D eigenvalue weighted by Crippen LogP contribution is -2.42. The number of hydrogen-bond donors (Lipinski definition) is 1. The van der Waals surface area contributed by atoms with Crippen LogP contribution >= 0.6 is 0 Å². The van der Waals surface area contributed by atoms with Crippen molar-refractivity contribution in [3.8, 4) is 0 Å². The van der Waals surface area contributed by atoms with Gasteiger partial charge in [0.05, 0.1) is 6.10 Å². The molecular formula is C13H21N3O3. The Morgan fingerprint density at radius 1 is 1.47 bits per heavy atom. The monoisotopic (exact) mass is 267 g/mol. The van der Waals surface area contributed by atoms with E-state index in [2.05, 4.69) is 12.2 Å². The summed E-state index contributed by atoms with van der Waals surface area (Å²) in [7, 11) is 3.15. The van der Waals surface area contributed by atoms with Crippen molar-refractivity contribution >= 4 is 0 Å². The summed E-state index contributed by atoms with van der Waals surface area (Å²) in [6.07, 6.45) is 3.97. The Labute approximate surface area is 112 Å². The molecule has 19 heavy (non-hydrogen) atoms. The molecule has 1 aliphatic heterocycles. The van der Waals surface area contributed by atoms with Crippen molar-refractivity contribution in [3.05, 3.63) is 32.6 Å². The lowest BCUT2D eigenvalue weighted by molar-refractivity contribution is 0.0831. The smallest absolute Gasteiger partial charge is 0.330 e. The van der Waals surface area contributed by atoms with Crippen LogP contribution in [0.1, 0.15) is 25.3 Å². The number of aromatic nitrogens is 2. The van der Waals surface area contributed by atoms with Gasteiger partial charge in [-0.1, -0.05) is 0 Å². The Hall–Kier alpha value is -1.40. The first-order chi connectivity index (χ1) is 9.00. The fraction of sp³-hybridized carbons (Fsp3) is 0.692. The molecule has 2 unspecified atom stereocenters. The van der Waals surface area contributed by atoms with Crippen molar-refractivity contribution in [2.75, 3.05) is 6.61 Å². The van der Waals surface area contributed by atoms with Crippen molar-refractivity contribution in [1.29, 1.82) is 0 Å². The van der Waals surface area contributed by atoms with Gasteiger partial charge in [0.2, 0.25) is 0 Å². The first-order valence-corrected chi connectivity index (χ1v) is 6.61. The highest BCUT2D eigenvalue weighted by atomic mass is 16.5. The third kappa shape index (κ3) is 2.96. The van der Waals surface area contributed by atoms with Crippen molar-refractivity contribution in [3.63, 3.8) is 0 Å². The van der Waals surface area contributed by atoms with Crippen LogP contribution in [0.5, 0.6) is 0 Å². The van der Waals surface area contributed by atoms with E-state index in [9.17, 15) is 9.59 Å². The first kappa shape index (κ1) is 14.0. The second kappa shape index (κ2) is 5.71. The topological polar surface area (TPSA) is 65.3 Å². The van der Waals surface area contributed by atoms with Crippen molar-refractivity contribution in [1.82, 2.24) is 14.5 Å². The van der Waals surface area contributed by atoms with Gasteiger partial charge in [0.25, 0.3) is 5.56 Å². The van der Waals surface area contributed by atoms with E-state index in [0.29, 0.717) is 12.1 Å². The van der Waals surface area contributed by atoms with Gasteiger partial charge in [-0.2, -0.15) is 0 Å². The summed E-state index contributed by atoms with van der Waals surface area (Å²) in [5.74, 6) is 0. The summed E-state index contributed by atoms with van der Waals surface area (Å²) in [6, 6.07) is 0.199. The van der Waals surface area contributed by atoms with E-state index in [1.54, 1.807) is 13.2 Å². The van der Waals surface area contributed by atoms with Crippen molar-refractivity contribution in [2.45, 2.75) is 38.5 Å². The predicted molar refractivity (Wildman–Crippen MR) is 72.2 cm³/mol. The molecule has 0 bridgehead atoms. The maximum atomic E-state index is 12.0. The summed E-state index contributed by atoms with van der Waals surface area (Å²) in [4.78, 5) is 23.5. The Morgan fingerprint density at radius 3 is 2.84 bits per heavy atom. The standard InChI is InChI=1S/C13H21N3O3/c1-9(11-5-4-6-19-11)14-7-10-8-15(2)13(18)16(3)12(10)17/h8-9,11,14H,4-7H2,1-3H3. The zero-order valence-corrected chi connectivity index (χ0v) is 11.7. The molecule has 0 radical (unpaired) electrons. The van der Waals surface area contributed by atoms with E-state index < -0.39 is 0 Å². The first-order valence-electron chi connectivity index (χ1n) is 6.61. The van der Waals surface area contributed by atoms with Gasteiger partial charge >= 0.3 is 5.69 Å².